The number of thioether (sulfide) groups is 1. The molecule has 18 heavy (non-hydrogen) atoms. The highest BCUT2D eigenvalue weighted by molar-refractivity contribution is 8.13. The lowest BCUT2D eigenvalue weighted by molar-refractivity contribution is 0.0565. The summed E-state index contributed by atoms with van der Waals surface area (Å²) in [5, 5.41) is 4.66. The minimum absolute atomic E-state index is 0.448. The first-order valence-electron chi connectivity index (χ1n) is 7.27. The van der Waals surface area contributed by atoms with Crippen LogP contribution in [0.4, 0.5) is 0 Å². The minimum atomic E-state index is 0.448. The van der Waals surface area contributed by atoms with Gasteiger partial charge in [0.05, 0.1) is 6.61 Å². The molecule has 0 aliphatic carbocycles. The summed E-state index contributed by atoms with van der Waals surface area (Å²) in [6.45, 7) is 8.46. The highest BCUT2D eigenvalue weighted by Gasteiger charge is 2.30. The molecule has 0 saturated carbocycles. The Morgan fingerprint density at radius 3 is 2.83 bits per heavy atom. The number of nitrogens with one attached hydrogen (secondary N) is 1. The van der Waals surface area contributed by atoms with Crippen molar-refractivity contribution in [1.29, 1.82) is 0 Å². The van der Waals surface area contributed by atoms with E-state index < -0.39 is 0 Å². The molecule has 1 fully saturated rings. The second-order valence-corrected chi connectivity index (χ2v) is 6.55. The quantitative estimate of drug-likeness (QED) is 0.853. The van der Waals surface area contributed by atoms with Gasteiger partial charge in [0.1, 0.15) is 0 Å². The van der Waals surface area contributed by atoms with Crippen molar-refractivity contribution < 1.29 is 4.74 Å². The third-order valence-corrected chi connectivity index (χ3v) is 5.67. The number of ether oxygens (including phenoxy) is 1. The van der Waals surface area contributed by atoms with Crippen molar-refractivity contribution in [2.24, 2.45) is 16.3 Å². The third kappa shape index (κ3) is 3.64. The Hall–Kier alpha value is -0.220. The molecule has 3 nitrogen and oxygen atoms in total. The Labute approximate surface area is 115 Å². The number of hydrogen-bond donors (Lipinski definition) is 1. The summed E-state index contributed by atoms with van der Waals surface area (Å²) < 4.78 is 5.50. The molecule has 4 heteroatoms. The van der Waals surface area contributed by atoms with Gasteiger partial charge in [-0.05, 0) is 37.0 Å². The summed E-state index contributed by atoms with van der Waals surface area (Å²) in [7, 11) is 0. The maximum atomic E-state index is 5.50. The lowest BCUT2D eigenvalue weighted by atomic mass is 9.84. The normalized spacial score (nSPS) is 27.7. The van der Waals surface area contributed by atoms with Crippen LogP contribution in [-0.4, -0.2) is 37.2 Å². The van der Waals surface area contributed by atoms with Crippen LogP contribution in [0.1, 0.15) is 39.5 Å². The Kier molecular flexibility index (Phi) is 5.37. The van der Waals surface area contributed by atoms with Crippen LogP contribution in [0.25, 0.3) is 0 Å². The number of rotatable bonds is 4. The Morgan fingerprint density at radius 1 is 1.44 bits per heavy atom. The smallest absolute Gasteiger partial charge is 0.156 e. The molecule has 0 bridgehead atoms. The van der Waals surface area contributed by atoms with Gasteiger partial charge in [-0.25, -0.2) is 0 Å². The van der Waals surface area contributed by atoms with E-state index >= 15 is 0 Å². The van der Waals surface area contributed by atoms with Gasteiger partial charge in [-0.3, -0.25) is 4.99 Å². The molecule has 2 heterocycles. The predicted octanol–water partition coefficient (Wildman–Crippen LogP) is 2.91. The first kappa shape index (κ1) is 14.2. The predicted molar refractivity (Wildman–Crippen MR) is 79.3 cm³/mol. The molecule has 1 saturated heterocycles. The number of nitrogens with zero attached hydrogens (tertiary/aromatic N) is 1. The fraction of sp³-hybridized carbons (Fsp3) is 0.929. The molecule has 0 spiro atoms. The van der Waals surface area contributed by atoms with E-state index in [0.29, 0.717) is 11.3 Å². The van der Waals surface area contributed by atoms with Gasteiger partial charge in [-0.1, -0.05) is 25.6 Å². The van der Waals surface area contributed by atoms with E-state index in [9.17, 15) is 0 Å². The number of amidine groups is 1. The second kappa shape index (κ2) is 6.80. The van der Waals surface area contributed by atoms with Crippen LogP contribution in [0.3, 0.4) is 0 Å². The van der Waals surface area contributed by atoms with Gasteiger partial charge < -0.3 is 10.1 Å². The Balaban J connectivity index is 1.76. The molecule has 1 atom stereocenters. The van der Waals surface area contributed by atoms with Crippen LogP contribution in [0.5, 0.6) is 0 Å². The van der Waals surface area contributed by atoms with Gasteiger partial charge in [0.15, 0.2) is 5.17 Å². The summed E-state index contributed by atoms with van der Waals surface area (Å²) >= 11 is 1.91. The van der Waals surface area contributed by atoms with E-state index in [2.05, 4.69) is 19.2 Å². The molecule has 2 aliphatic rings. The zero-order valence-electron chi connectivity index (χ0n) is 11.7. The second-order valence-electron chi connectivity index (χ2n) is 5.58. The molecule has 0 aromatic heterocycles. The van der Waals surface area contributed by atoms with Crippen LogP contribution in [0, 0.1) is 11.3 Å². The Morgan fingerprint density at radius 2 is 2.28 bits per heavy atom. The fourth-order valence-corrected chi connectivity index (χ4v) is 3.82. The lowest BCUT2D eigenvalue weighted by Crippen LogP contribution is -2.37. The van der Waals surface area contributed by atoms with E-state index in [4.69, 9.17) is 9.73 Å². The summed E-state index contributed by atoms with van der Waals surface area (Å²) in [5.41, 5.74) is 0.448. The van der Waals surface area contributed by atoms with Crippen molar-refractivity contribution in [3.05, 3.63) is 0 Å². The molecule has 104 valence electrons. The van der Waals surface area contributed by atoms with Crippen LogP contribution in [0.2, 0.25) is 0 Å². The zero-order chi connectivity index (χ0) is 12.8. The maximum Gasteiger partial charge on any atom is 0.156 e. The number of aliphatic imine (C=N–C) groups is 1. The summed E-state index contributed by atoms with van der Waals surface area (Å²) in [5.74, 6) is 1.89. The molecular formula is C14H26N2OS. The van der Waals surface area contributed by atoms with Gasteiger partial charge in [0, 0.05) is 25.4 Å². The van der Waals surface area contributed by atoms with Gasteiger partial charge in [-0.15, -0.1) is 0 Å². The Bertz CT molecular complexity index is 284. The van der Waals surface area contributed by atoms with E-state index in [-0.39, 0.29) is 0 Å². The molecule has 0 aromatic rings. The fourth-order valence-electron chi connectivity index (χ4n) is 2.54. The molecule has 0 amide bonds. The van der Waals surface area contributed by atoms with Crippen LogP contribution >= 0.6 is 11.8 Å². The van der Waals surface area contributed by atoms with E-state index in [1.54, 1.807) is 0 Å². The van der Waals surface area contributed by atoms with Gasteiger partial charge in [0.2, 0.25) is 0 Å². The average Bonchev–Trinajstić information content (AvgIpc) is 2.47. The average molecular weight is 270 g/mol. The van der Waals surface area contributed by atoms with Crippen molar-refractivity contribution in [1.82, 2.24) is 5.32 Å². The van der Waals surface area contributed by atoms with Crippen molar-refractivity contribution >= 4 is 16.9 Å². The molecule has 1 N–H and O–H groups in total. The van der Waals surface area contributed by atoms with Crippen molar-refractivity contribution in [3.63, 3.8) is 0 Å². The highest BCUT2D eigenvalue weighted by atomic mass is 32.2. The van der Waals surface area contributed by atoms with Crippen LogP contribution in [-0.2, 0) is 4.74 Å². The lowest BCUT2D eigenvalue weighted by Gasteiger charge is -2.34. The highest BCUT2D eigenvalue weighted by Crippen LogP contribution is 2.34. The molecule has 2 rings (SSSR count). The van der Waals surface area contributed by atoms with Crippen molar-refractivity contribution in [2.75, 3.05) is 32.1 Å². The summed E-state index contributed by atoms with van der Waals surface area (Å²) in [4.78, 5) is 4.74. The van der Waals surface area contributed by atoms with Crippen LogP contribution < -0.4 is 5.32 Å². The first-order chi connectivity index (χ1) is 8.78. The van der Waals surface area contributed by atoms with Gasteiger partial charge in [-0.2, -0.15) is 0 Å². The molecule has 0 radical (unpaired) electrons. The van der Waals surface area contributed by atoms with E-state index in [1.165, 1.54) is 31.4 Å². The zero-order valence-corrected chi connectivity index (χ0v) is 12.5. The SMILES string of the molecule is CCC1(CC)CN=C(NCC2CCCOC2)SC1. The molecule has 1 unspecified atom stereocenters. The van der Waals surface area contributed by atoms with Gasteiger partial charge >= 0.3 is 0 Å². The standard InChI is InChI=1S/C14H26N2OS/c1-3-14(4-2)10-16-13(18-11-14)15-8-12-6-5-7-17-9-12/h12H,3-11H2,1-2H3,(H,15,16). The minimum Gasteiger partial charge on any atom is -0.381 e. The van der Waals surface area contributed by atoms with Crippen molar-refractivity contribution in [2.45, 2.75) is 39.5 Å². The third-order valence-electron chi connectivity index (χ3n) is 4.37. The summed E-state index contributed by atoms with van der Waals surface area (Å²) in [6.07, 6.45) is 4.98. The molecular weight excluding hydrogens is 244 g/mol. The topological polar surface area (TPSA) is 33.6 Å². The van der Waals surface area contributed by atoms with E-state index in [0.717, 1.165) is 31.5 Å². The van der Waals surface area contributed by atoms with Gasteiger partial charge in [0.25, 0.3) is 0 Å². The van der Waals surface area contributed by atoms with E-state index in [1.807, 2.05) is 11.8 Å². The van der Waals surface area contributed by atoms with Crippen molar-refractivity contribution in [3.8, 4) is 0 Å². The monoisotopic (exact) mass is 270 g/mol. The van der Waals surface area contributed by atoms with Crippen LogP contribution in [0.15, 0.2) is 4.99 Å². The molecule has 0 aromatic carbocycles. The summed E-state index contributed by atoms with van der Waals surface area (Å²) in [6, 6.07) is 0. The molecule has 2 aliphatic heterocycles. The largest absolute Gasteiger partial charge is 0.381 e. The first-order valence-corrected chi connectivity index (χ1v) is 8.25. The maximum absolute atomic E-state index is 5.50. The number of hydrogen-bond acceptors (Lipinski definition) is 4.